The highest BCUT2D eigenvalue weighted by Crippen LogP contribution is 2.17. The first-order valence-electron chi connectivity index (χ1n) is 4.14. The second-order valence-electron chi connectivity index (χ2n) is 2.71. The van der Waals surface area contributed by atoms with E-state index >= 15 is 0 Å². The Morgan fingerprint density at radius 1 is 1.47 bits per heavy atom. The molecular weight excluding hydrogens is 196 g/mol. The molecule has 0 fully saturated rings. The fourth-order valence-electron chi connectivity index (χ4n) is 0.985. The van der Waals surface area contributed by atoms with Crippen LogP contribution in [0.1, 0.15) is 22.3 Å². The summed E-state index contributed by atoms with van der Waals surface area (Å²) >= 11 is 0. The summed E-state index contributed by atoms with van der Waals surface area (Å²) in [6, 6.07) is 3.99. The van der Waals surface area contributed by atoms with E-state index in [1.54, 1.807) is 0 Å². The third-order valence-electron chi connectivity index (χ3n) is 1.65. The molecular formula is C11H8O4. The van der Waals surface area contributed by atoms with Crippen LogP contribution in [-0.2, 0) is 4.79 Å². The molecule has 1 aromatic rings. The summed E-state index contributed by atoms with van der Waals surface area (Å²) in [4.78, 5) is 20.5. The van der Waals surface area contributed by atoms with Gasteiger partial charge in [-0.2, -0.15) is 0 Å². The summed E-state index contributed by atoms with van der Waals surface area (Å²) in [6.07, 6.45) is 0.778. The fourth-order valence-corrected chi connectivity index (χ4v) is 0.985. The lowest BCUT2D eigenvalue weighted by molar-refractivity contribution is -0.107. The second kappa shape index (κ2) is 4.82. The minimum absolute atomic E-state index is 0.113. The SMILES string of the molecule is O=CCC#Cc1ccc(C(=O)O)c(O)c1. The van der Waals surface area contributed by atoms with Crippen molar-refractivity contribution in [1.29, 1.82) is 0 Å². The van der Waals surface area contributed by atoms with Gasteiger partial charge in [0.15, 0.2) is 0 Å². The van der Waals surface area contributed by atoms with Gasteiger partial charge in [-0.3, -0.25) is 0 Å². The molecule has 1 aromatic carbocycles. The number of carboxylic acids is 1. The molecule has 4 heteroatoms. The lowest BCUT2D eigenvalue weighted by Gasteiger charge is -1.98. The summed E-state index contributed by atoms with van der Waals surface area (Å²) in [5, 5.41) is 17.9. The average molecular weight is 204 g/mol. The minimum atomic E-state index is -1.19. The molecule has 0 amide bonds. The summed E-state index contributed by atoms with van der Waals surface area (Å²) in [5.74, 6) is 3.64. The lowest BCUT2D eigenvalue weighted by Crippen LogP contribution is -1.96. The van der Waals surface area contributed by atoms with E-state index in [-0.39, 0.29) is 17.7 Å². The second-order valence-corrected chi connectivity index (χ2v) is 2.71. The van der Waals surface area contributed by atoms with Gasteiger partial charge in [0, 0.05) is 5.56 Å². The molecule has 0 aromatic heterocycles. The standard InChI is InChI=1S/C11H8O4/c12-6-2-1-3-8-4-5-9(11(14)15)10(13)7-8/h4-7,13H,2H2,(H,14,15). The van der Waals surface area contributed by atoms with Crippen LogP contribution in [0.25, 0.3) is 0 Å². The molecule has 0 saturated carbocycles. The van der Waals surface area contributed by atoms with Gasteiger partial charge in [0.25, 0.3) is 0 Å². The molecule has 0 spiro atoms. The number of rotatable bonds is 2. The van der Waals surface area contributed by atoms with E-state index in [1.165, 1.54) is 18.2 Å². The zero-order valence-corrected chi connectivity index (χ0v) is 7.73. The molecule has 0 aliphatic carbocycles. The van der Waals surface area contributed by atoms with E-state index in [2.05, 4.69) is 11.8 Å². The van der Waals surface area contributed by atoms with Crippen LogP contribution in [-0.4, -0.2) is 22.5 Å². The summed E-state index contributed by atoms with van der Waals surface area (Å²) in [6.45, 7) is 0. The first kappa shape index (κ1) is 10.8. The zero-order valence-electron chi connectivity index (χ0n) is 7.73. The van der Waals surface area contributed by atoms with Gasteiger partial charge in [-0.25, -0.2) is 4.79 Å². The smallest absolute Gasteiger partial charge is 0.339 e. The topological polar surface area (TPSA) is 74.6 Å². The maximum atomic E-state index is 10.6. The molecule has 76 valence electrons. The first-order chi connectivity index (χ1) is 7.15. The Kier molecular flexibility index (Phi) is 3.47. The lowest BCUT2D eigenvalue weighted by atomic mass is 10.1. The molecule has 0 saturated heterocycles. The van der Waals surface area contributed by atoms with Crippen LogP contribution < -0.4 is 0 Å². The van der Waals surface area contributed by atoms with Gasteiger partial charge in [0.1, 0.15) is 17.6 Å². The third-order valence-corrected chi connectivity index (χ3v) is 1.65. The molecule has 0 unspecified atom stereocenters. The van der Waals surface area contributed by atoms with Gasteiger partial charge in [-0.15, -0.1) is 0 Å². The number of hydrogen-bond acceptors (Lipinski definition) is 3. The molecule has 0 aliphatic rings. The third kappa shape index (κ3) is 2.85. The quantitative estimate of drug-likeness (QED) is 0.557. The van der Waals surface area contributed by atoms with Gasteiger partial charge < -0.3 is 15.0 Å². The van der Waals surface area contributed by atoms with Crippen LogP contribution in [0.3, 0.4) is 0 Å². The number of phenols is 1. The maximum Gasteiger partial charge on any atom is 0.339 e. The van der Waals surface area contributed by atoms with E-state index in [4.69, 9.17) is 5.11 Å². The van der Waals surface area contributed by atoms with Crippen molar-refractivity contribution in [3.05, 3.63) is 29.3 Å². The summed E-state index contributed by atoms with van der Waals surface area (Å²) < 4.78 is 0. The van der Waals surface area contributed by atoms with Crippen molar-refractivity contribution >= 4 is 12.3 Å². The van der Waals surface area contributed by atoms with Crippen LogP contribution >= 0.6 is 0 Å². The summed E-state index contributed by atoms with van der Waals surface area (Å²) in [7, 11) is 0. The normalized spacial score (nSPS) is 8.80. The van der Waals surface area contributed by atoms with Crippen LogP contribution in [0.15, 0.2) is 18.2 Å². The number of carbonyl (C=O) groups excluding carboxylic acids is 1. The van der Waals surface area contributed by atoms with Gasteiger partial charge in [-0.1, -0.05) is 11.8 Å². The molecule has 1 rings (SSSR count). The monoisotopic (exact) mass is 204 g/mol. The molecule has 0 atom stereocenters. The maximum absolute atomic E-state index is 10.6. The van der Waals surface area contributed by atoms with E-state index in [0.717, 1.165) is 0 Å². The largest absolute Gasteiger partial charge is 0.507 e. The summed E-state index contributed by atoms with van der Waals surface area (Å²) in [5.41, 5.74) is 0.301. The van der Waals surface area contributed by atoms with E-state index in [9.17, 15) is 14.7 Å². The van der Waals surface area contributed by atoms with Gasteiger partial charge in [0.05, 0.1) is 6.42 Å². The van der Waals surface area contributed by atoms with Crippen LogP contribution in [0.2, 0.25) is 0 Å². The molecule has 0 bridgehead atoms. The Labute approximate surface area is 86.2 Å². The Balaban J connectivity index is 2.98. The molecule has 2 N–H and O–H groups in total. The molecule has 0 radical (unpaired) electrons. The van der Waals surface area contributed by atoms with Crippen molar-refractivity contribution in [1.82, 2.24) is 0 Å². The Morgan fingerprint density at radius 2 is 2.20 bits per heavy atom. The first-order valence-corrected chi connectivity index (χ1v) is 4.14. The highest BCUT2D eigenvalue weighted by molar-refractivity contribution is 5.90. The van der Waals surface area contributed by atoms with Crippen molar-refractivity contribution in [2.75, 3.05) is 0 Å². The van der Waals surface area contributed by atoms with Crippen molar-refractivity contribution in [2.45, 2.75) is 6.42 Å². The number of aldehydes is 1. The highest BCUT2D eigenvalue weighted by Gasteiger charge is 2.08. The Bertz CT molecular complexity index is 451. The van der Waals surface area contributed by atoms with Crippen LogP contribution in [0.4, 0.5) is 0 Å². The number of carbonyl (C=O) groups is 2. The van der Waals surface area contributed by atoms with Gasteiger partial charge in [-0.05, 0) is 18.2 Å². The number of aromatic hydroxyl groups is 1. The van der Waals surface area contributed by atoms with Crippen LogP contribution in [0, 0.1) is 11.8 Å². The fraction of sp³-hybridized carbons (Fsp3) is 0.0909. The number of carboxylic acid groups (broad SMARTS) is 1. The molecule has 15 heavy (non-hydrogen) atoms. The Hall–Kier alpha value is -2.28. The van der Waals surface area contributed by atoms with Gasteiger partial charge in [0.2, 0.25) is 0 Å². The zero-order chi connectivity index (χ0) is 11.3. The highest BCUT2D eigenvalue weighted by atomic mass is 16.4. The van der Waals surface area contributed by atoms with Crippen molar-refractivity contribution in [3.8, 4) is 17.6 Å². The van der Waals surface area contributed by atoms with Gasteiger partial charge >= 0.3 is 5.97 Å². The number of benzene rings is 1. The minimum Gasteiger partial charge on any atom is -0.507 e. The molecule has 0 aliphatic heterocycles. The van der Waals surface area contributed by atoms with E-state index < -0.39 is 5.97 Å². The average Bonchev–Trinajstić information content (AvgIpc) is 2.17. The predicted octanol–water partition coefficient (Wildman–Crippen LogP) is 1.03. The molecule has 4 nitrogen and oxygen atoms in total. The van der Waals surface area contributed by atoms with Crippen molar-refractivity contribution in [2.24, 2.45) is 0 Å². The number of aromatic carboxylic acids is 1. The number of hydrogen-bond donors (Lipinski definition) is 2. The molecule has 0 heterocycles. The predicted molar refractivity (Wildman–Crippen MR) is 52.6 cm³/mol. The Morgan fingerprint density at radius 3 is 2.73 bits per heavy atom. The van der Waals surface area contributed by atoms with E-state index in [0.29, 0.717) is 11.8 Å². The van der Waals surface area contributed by atoms with Crippen LogP contribution in [0.5, 0.6) is 5.75 Å². The van der Waals surface area contributed by atoms with Crippen molar-refractivity contribution in [3.63, 3.8) is 0 Å². The van der Waals surface area contributed by atoms with E-state index in [1.807, 2.05) is 0 Å². The van der Waals surface area contributed by atoms with Crippen molar-refractivity contribution < 1.29 is 19.8 Å².